The fraction of sp³-hybridized carbons (Fsp3) is 1.00. The van der Waals surface area contributed by atoms with Gasteiger partial charge in [-0.05, 0) is 14.0 Å². The van der Waals surface area contributed by atoms with Gasteiger partial charge in [0.05, 0.1) is 6.61 Å². The summed E-state index contributed by atoms with van der Waals surface area (Å²) in [5.74, 6) is 0. The van der Waals surface area contributed by atoms with E-state index in [2.05, 4.69) is 0 Å². The van der Waals surface area contributed by atoms with Crippen molar-refractivity contribution in [3.63, 3.8) is 0 Å². The number of likely N-dealkylation sites (tertiary alicyclic amines) is 1. The molecule has 0 saturated carbocycles. The first-order valence-electron chi connectivity index (χ1n) is 3.93. The molecule has 1 saturated heterocycles. The van der Waals surface area contributed by atoms with Crippen LogP contribution in [-0.2, 0) is 4.74 Å². The molecule has 0 amide bonds. The number of halogens is 1. The number of hydrogen-bond acceptors (Lipinski definition) is 2. The van der Waals surface area contributed by atoms with Gasteiger partial charge in [-0.2, -0.15) is 0 Å². The molecule has 0 aliphatic carbocycles. The van der Waals surface area contributed by atoms with Crippen molar-refractivity contribution in [1.82, 2.24) is 4.90 Å². The standard InChI is InChI=1S/C8H16FNO/c1-8(9)4-7(5-11-3)10(2)6-8/h7H,4-6H2,1-3H3. The number of nitrogens with zero attached hydrogens (tertiary/aromatic N) is 1. The molecule has 1 fully saturated rings. The minimum absolute atomic E-state index is 0.259. The molecule has 0 bridgehead atoms. The van der Waals surface area contributed by atoms with Gasteiger partial charge in [0.25, 0.3) is 0 Å². The highest BCUT2D eigenvalue weighted by atomic mass is 19.1. The predicted octanol–water partition coefficient (Wildman–Crippen LogP) is 1.07. The summed E-state index contributed by atoms with van der Waals surface area (Å²) >= 11 is 0. The molecule has 0 radical (unpaired) electrons. The molecule has 0 spiro atoms. The zero-order valence-electron chi connectivity index (χ0n) is 7.43. The normalized spacial score (nSPS) is 39.8. The maximum atomic E-state index is 13.3. The van der Waals surface area contributed by atoms with Crippen LogP contribution in [0.4, 0.5) is 4.39 Å². The molecule has 11 heavy (non-hydrogen) atoms. The smallest absolute Gasteiger partial charge is 0.122 e. The van der Waals surface area contributed by atoms with Gasteiger partial charge in [-0.1, -0.05) is 0 Å². The van der Waals surface area contributed by atoms with Gasteiger partial charge in [-0.25, -0.2) is 4.39 Å². The van der Waals surface area contributed by atoms with Crippen LogP contribution in [0.25, 0.3) is 0 Å². The Bertz CT molecular complexity index is 138. The Kier molecular flexibility index (Phi) is 2.50. The third kappa shape index (κ3) is 2.14. The highest BCUT2D eigenvalue weighted by Gasteiger charge is 2.38. The SMILES string of the molecule is COCC1CC(C)(F)CN1C. The molecule has 0 aromatic heterocycles. The van der Waals surface area contributed by atoms with Crippen LogP contribution in [-0.4, -0.2) is 43.9 Å². The van der Waals surface area contributed by atoms with Gasteiger partial charge in [-0.15, -0.1) is 0 Å². The first-order chi connectivity index (χ1) is 5.05. The zero-order chi connectivity index (χ0) is 8.48. The lowest BCUT2D eigenvalue weighted by Crippen LogP contribution is -2.29. The van der Waals surface area contributed by atoms with E-state index in [1.54, 1.807) is 14.0 Å². The number of methoxy groups -OCH3 is 1. The monoisotopic (exact) mass is 161 g/mol. The minimum Gasteiger partial charge on any atom is -0.383 e. The van der Waals surface area contributed by atoms with Gasteiger partial charge in [0.1, 0.15) is 5.67 Å². The third-order valence-electron chi connectivity index (χ3n) is 2.22. The number of hydrogen-bond donors (Lipinski definition) is 0. The van der Waals surface area contributed by atoms with Crippen molar-refractivity contribution in [3.05, 3.63) is 0 Å². The van der Waals surface area contributed by atoms with Gasteiger partial charge in [0.2, 0.25) is 0 Å². The van der Waals surface area contributed by atoms with Crippen LogP contribution in [0.15, 0.2) is 0 Å². The Morgan fingerprint density at radius 3 is 2.73 bits per heavy atom. The summed E-state index contributed by atoms with van der Waals surface area (Å²) in [5, 5.41) is 0. The van der Waals surface area contributed by atoms with Gasteiger partial charge >= 0.3 is 0 Å². The summed E-state index contributed by atoms with van der Waals surface area (Å²) in [7, 11) is 3.59. The first kappa shape index (κ1) is 8.94. The van der Waals surface area contributed by atoms with Crippen molar-refractivity contribution in [2.75, 3.05) is 27.3 Å². The quantitative estimate of drug-likeness (QED) is 0.600. The molecule has 2 unspecified atom stereocenters. The second-order valence-electron chi connectivity index (χ2n) is 3.64. The van der Waals surface area contributed by atoms with E-state index in [9.17, 15) is 4.39 Å². The van der Waals surface area contributed by atoms with Crippen LogP contribution in [0.3, 0.4) is 0 Å². The van der Waals surface area contributed by atoms with E-state index < -0.39 is 5.67 Å². The molecule has 2 atom stereocenters. The fourth-order valence-electron chi connectivity index (χ4n) is 1.74. The van der Waals surface area contributed by atoms with Gasteiger partial charge in [0.15, 0.2) is 0 Å². The number of alkyl halides is 1. The van der Waals surface area contributed by atoms with Crippen molar-refractivity contribution >= 4 is 0 Å². The lowest BCUT2D eigenvalue weighted by molar-refractivity contribution is 0.129. The van der Waals surface area contributed by atoms with Crippen molar-refractivity contribution in [2.24, 2.45) is 0 Å². The zero-order valence-corrected chi connectivity index (χ0v) is 7.43. The average molecular weight is 161 g/mol. The van der Waals surface area contributed by atoms with E-state index in [1.807, 2.05) is 11.9 Å². The summed E-state index contributed by atoms with van der Waals surface area (Å²) in [4.78, 5) is 2.02. The van der Waals surface area contributed by atoms with E-state index in [0.717, 1.165) is 0 Å². The topological polar surface area (TPSA) is 12.5 Å². The summed E-state index contributed by atoms with van der Waals surface area (Å²) < 4.78 is 18.3. The van der Waals surface area contributed by atoms with Crippen molar-refractivity contribution in [2.45, 2.75) is 25.1 Å². The van der Waals surface area contributed by atoms with Crippen LogP contribution in [0, 0.1) is 0 Å². The molecule has 2 nitrogen and oxygen atoms in total. The van der Waals surface area contributed by atoms with Crippen LogP contribution < -0.4 is 0 Å². The number of ether oxygens (including phenoxy) is 1. The van der Waals surface area contributed by atoms with Crippen LogP contribution in [0.5, 0.6) is 0 Å². The van der Waals surface area contributed by atoms with E-state index in [4.69, 9.17) is 4.74 Å². The Labute approximate surface area is 67.3 Å². The molecule has 1 aliphatic heterocycles. The largest absolute Gasteiger partial charge is 0.383 e. The summed E-state index contributed by atoms with van der Waals surface area (Å²) in [6.45, 7) is 2.82. The second kappa shape index (κ2) is 3.07. The van der Waals surface area contributed by atoms with Crippen LogP contribution in [0.1, 0.15) is 13.3 Å². The molecular formula is C8H16FNO. The van der Waals surface area contributed by atoms with E-state index in [1.165, 1.54) is 0 Å². The summed E-state index contributed by atoms with van der Waals surface area (Å²) in [5.41, 5.74) is -1.02. The Morgan fingerprint density at radius 2 is 2.36 bits per heavy atom. The Hall–Kier alpha value is -0.150. The van der Waals surface area contributed by atoms with Gasteiger partial charge in [-0.3, -0.25) is 4.90 Å². The molecule has 1 heterocycles. The summed E-state index contributed by atoms with van der Waals surface area (Å²) in [6.07, 6.45) is 0.595. The molecule has 3 heteroatoms. The van der Waals surface area contributed by atoms with Gasteiger partial charge < -0.3 is 4.74 Å². The van der Waals surface area contributed by atoms with Crippen molar-refractivity contribution in [1.29, 1.82) is 0 Å². The molecule has 1 rings (SSSR count). The van der Waals surface area contributed by atoms with Crippen LogP contribution in [0.2, 0.25) is 0 Å². The lowest BCUT2D eigenvalue weighted by Gasteiger charge is -2.16. The maximum absolute atomic E-state index is 13.3. The molecule has 0 aromatic rings. The van der Waals surface area contributed by atoms with E-state index >= 15 is 0 Å². The lowest BCUT2D eigenvalue weighted by atomic mass is 10.1. The molecule has 0 aromatic carbocycles. The van der Waals surface area contributed by atoms with E-state index in [0.29, 0.717) is 19.6 Å². The summed E-state index contributed by atoms with van der Waals surface area (Å²) in [6, 6.07) is 0.259. The second-order valence-corrected chi connectivity index (χ2v) is 3.64. The molecular weight excluding hydrogens is 145 g/mol. The number of likely N-dealkylation sites (N-methyl/N-ethyl adjacent to an activating group) is 1. The fourth-order valence-corrected chi connectivity index (χ4v) is 1.74. The van der Waals surface area contributed by atoms with Gasteiger partial charge in [0, 0.05) is 26.1 Å². The molecule has 0 N–H and O–H groups in total. The van der Waals surface area contributed by atoms with E-state index in [-0.39, 0.29) is 6.04 Å². The van der Waals surface area contributed by atoms with Crippen molar-refractivity contribution < 1.29 is 9.13 Å². The third-order valence-corrected chi connectivity index (χ3v) is 2.22. The highest BCUT2D eigenvalue weighted by Crippen LogP contribution is 2.28. The average Bonchev–Trinajstić information content (AvgIpc) is 2.07. The minimum atomic E-state index is -1.02. The Morgan fingerprint density at radius 1 is 1.73 bits per heavy atom. The van der Waals surface area contributed by atoms with Crippen LogP contribution >= 0.6 is 0 Å². The maximum Gasteiger partial charge on any atom is 0.122 e. The Balaban J connectivity index is 2.45. The predicted molar refractivity (Wildman–Crippen MR) is 42.4 cm³/mol. The first-order valence-corrected chi connectivity index (χ1v) is 3.93. The highest BCUT2D eigenvalue weighted by molar-refractivity contribution is 4.92. The molecule has 1 aliphatic rings. The van der Waals surface area contributed by atoms with Crippen molar-refractivity contribution in [3.8, 4) is 0 Å². The number of rotatable bonds is 2. The molecule has 66 valence electrons.